The van der Waals surface area contributed by atoms with E-state index in [0.717, 1.165) is 5.56 Å². The van der Waals surface area contributed by atoms with Gasteiger partial charge in [0.1, 0.15) is 5.82 Å². The molecule has 0 unspecified atom stereocenters. The first-order chi connectivity index (χ1) is 9.28. The molecule has 5 heteroatoms. The second-order valence-electron chi connectivity index (χ2n) is 3.95. The van der Waals surface area contributed by atoms with Gasteiger partial charge < -0.3 is 4.74 Å². The van der Waals surface area contributed by atoms with Crippen LogP contribution in [0.3, 0.4) is 0 Å². The number of fused-ring (bicyclic) bond motifs is 1. The van der Waals surface area contributed by atoms with Crippen LogP contribution in [0.25, 0.3) is 22.3 Å². The molecule has 0 aliphatic rings. The summed E-state index contributed by atoms with van der Waals surface area (Å²) in [5.74, 6) is 0.126. The van der Waals surface area contributed by atoms with Crippen molar-refractivity contribution in [2.75, 3.05) is 7.11 Å². The molecule has 0 amide bonds. The largest absolute Gasteiger partial charge is 0.479 e. The molecule has 94 valence electrons. The van der Waals surface area contributed by atoms with Crippen molar-refractivity contribution in [2.45, 2.75) is 0 Å². The molecule has 0 aliphatic carbocycles. The monoisotopic (exact) mass is 255 g/mol. The number of nitrogens with zero attached hydrogens (tertiary/aromatic N) is 3. The van der Waals surface area contributed by atoms with Crippen LogP contribution in [0, 0.1) is 5.82 Å². The van der Waals surface area contributed by atoms with E-state index in [4.69, 9.17) is 4.74 Å². The van der Waals surface area contributed by atoms with Crippen LogP contribution in [0.2, 0.25) is 0 Å². The number of hydrogen-bond donors (Lipinski definition) is 0. The lowest BCUT2D eigenvalue weighted by molar-refractivity contribution is 0.403. The summed E-state index contributed by atoms with van der Waals surface area (Å²) in [5, 5.41) is 0. The first-order valence-electron chi connectivity index (χ1n) is 5.69. The molecular weight excluding hydrogens is 245 g/mol. The highest BCUT2D eigenvalue weighted by Gasteiger charge is 2.09. The average molecular weight is 255 g/mol. The molecule has 0 spiro atoms. The Kier molecular flexibility index (Phi) is 2.79. The summed E-state index contributed by atoms with van der Waals surface area (Å²) in [6.45, 7) is 0. The van der Waals surface area contributed by atoms with E-state index in [1.165, 1.54) is 19.2 Å². The van der Waals surface area contributed by atoms with Crippen LogP contribution >= 0.6 is 0 Å². The Hall–Kier alpha value is -2.56. The van der Waals surface area contributed by atoms with Gasteiger partial charge in [-0.25, -0.2) is 14.4 Å². The summed E-state index contributed by atoms with van der Waals surface area (Å²) >= 11 is 0. The van der Waals surface area contributed by atoms with Crippen LogP contribution in [-0.4, -0.2) is 22.1 Å². The fourth-order valence-corrected chi connectivity index (χ4v) is 1.85. The smallest absolute Gasteiger partial charge is 0.242 e. The molecule has 3 aromatic rings. The van der Waals surface area contributed by atoms with E-state index in [2.05, 4.69) is 15.0 Å². The zero-order valence-electron chi connectivity index (χ0n) is 10.2. The zero-order valence-corrected chi connectivity index (χ0v) is 10.2. The Balaban J connectivity index is 2.22. The van der Waals surface area contributed by atoms with Gasteiger partial charge in [-0.2, -0.15) is 0 Å². The van der Waals surface area contributed by atoms with Gasteiger partial charge in [0.15, 0.2) is 5.52 Å². The number of ether oxygens (including phenoxy) is 1. The van der Waals surface area contributed by atoms with Crippen molar-refractivity contribution in [3.05, 3.63) is 48.5 Å². The first kappa shape index (κ1) is 11.5. The lowest BCUT2D eigenvalue weighted by atomic mass is 10.1. The lowest BCUT2D eigenvalue weighted by Gasteiger charge is -2.06. The van der Waals surface area contributed by atoms with Gasteiger partial charge in [0.05, 0.1) is 18.3 Å². The van der Waals surface area contributed by atoms with E-state index < -0.39 is 0 Å². The fraction of sp³-hybridized carbons (Fsp3) is 0.0714. The third-order valence-electron chi connectivity index (χ3n) is 2.76. The molecule has 0 aliphatic heterocycles. The minimum Gasteiger partial charge on any atom is -0.479 e. The number of halogens is 1. The molecule has 2 heterocycles. The van der Waals surface area contributed by atoms with Crippen molar-refractivity contribution >= 4 is 11.0 Å². The van der Waals surface area contributed by atoms with Crippen molar-refractivity contribution in [2.24, 2.45) is 0 Å². The van der Waals surface area contributed by atoms with Gasteiger partial charge in [0, 0.05) is 18.0 Å². The van der Waals surface area contributed by atoms with Crippen LogP contribution in [-0.2, 0) is 0 Å². The topological polar surface area (TPSA) is 47.9 Å². The summed E-state index contributed by atoms with van der Waals surface area (Å²) in [6.07, 6.45) is 3.19. The first-order valence-corrected chi connectivity index (χ1v) is 5.69. The van der Waals surface area contributed by atoms with E-state index >= 15 is 0 Å². The molecule has 4 nitrogen and oxygen atoms in total. The summed E-state index contributed by atoms with van der Waals surface area (Å²) < 4.78 is 18.2. The van der Waals surface area contributed by atoms with Gasteiger partial charge in [-0.1, -0.05) is 0 Å². The van der Waals surface area contributed by atoms with E-state index in [0.29, 0.717) is 22.6 Å². The van der Waals surface area contributed by atoms with Gasteiger partial charge in [0.2, 0.25) is 5.88 Å². The third-order valence-corrected chi connectivity index (χ3v) is 2.76. The predicted molar refractivity (Wildman–Crippen MR) is 69.3 cm³/mol. The van der Waals surface area contributed by atoms with E-state index in [9.17, 15) is 4.39 Å². The maximum absolute atomic E-state index is 12.9. The average Bonchev–Trinajstić information content (AvgIpc) is 2.47. The highest BCUT2D eigenvalue weighted by atomic mass is 19.1. The molecule has 0 bridgehead atoms. The number of rotatable bonds is 2. The van der Waals surface area contributed by atoms with Gasteiger partial charge in [-0.3, -0.25) is 4.98 Å². The van der Waals surface area contributed by atoms with Crippen molar-refractivity contribution in [1.82, 2.24) is 15.0 Å². The van der Waals surface area contributed by atoms with Crippen LogP contribution in [0.5, 0.6) is 5.88 Å². The normalized spacial score (nSPS) is 10.6. The standard InChI is InChI=1S/C14H10FN3O/c1-19-14-13-12(16-6-7-17-13)8-11(18-14)9-2-4-10(15)5-3-9/h2-8H,1H3. The second-order valence-corrected chi connectivity index (χ2v) is 3.95. The summed E-state index contributed by atoms with van der Waals surface area (Å²) in [4.78, 5) is 12.8. The van der Waals surface area contributed by atoms with Crippen LogP contribution in [0.1, 0.15) is 0 Å². The highest BCUT2D eigenvalue weighted by Crippen LogP contribution is 2.26. The lowest BCUT2D eigenvalue weighted by Crippen LogP contribution is -1.95. The van der Waals surface area contributed by atoms with E-state index in [1.54, 1.807) is 30.6 Å². The van der Waals surface area contributed by atoms with E-state index in [1.807, 2.05) is 0 Å². The minimum absolute atomic E-state index is 0.281. The molecule has 0 saturated carbocycles. The van der Waals surface area contributed by atoms with Crippen molar-refractivity contribution in [3.8, 4) is 17.1 Å². The summed E-state index contributed by atoms with van der Waals surface area (Å²) in [5.41, 5.74) is 2.77. The Morgan fingerprint density at radius 1 is 1.05 bits per heavy atom. The Bertz CT molecular complexity index is 728. The van der Waals surface area contributed by atoms with Crippen LogP contribution in [0.15, 0.2) is 42.7 Å². The molecule has 3 rings (SSSR count). The van der Waals surface area contributed by atoms with Gasteiger partial charge >= 0.3 is 0 Å². The fourth-order valence-electron chi connectivity index (χ4n) is 1.85. The maximum Gasteiger partial charge on any atom is 0.242 e. The molecular formula is C14H10FN3O. The van der Waals surface area contributed by atoms with Crippen molar-refractivity contribution in [1.29, 1.82) is 0 Å². The minimum atomic E-state index is -0.281. The van der Waals surface area contributed by atoms with Crippen LogP contribution < -0.4 is 4.74 Å². The summed E-state index contributed by atoms with van der Waals surface area (Å²) in [7, 11) is 1.53. The number of methoxy groups -OCH3 is 1. The number of aromatic nitrogens is 3. The Labute approximate surface area is 108 Å². The number of pyridine rings is 1. The van der Waals surface area contributed by atoms with Gasteiger partial charge in [-0.15, -0.1) is 0 Å². The maximum atomic E-state index is 12.9. The third kappa shape index (κ3) is 2.10. The molecule has 0 saturated heterocycles. The Morgan fingerprint density at radius 2 is 1.79 bits per heavy atom. The molecule has 1 aromatic carbocycles. The highest BCUT2D eigenvalue weighted by molar-refractivity contribution is 5.83. The Morgan fingerprint density at radius 3 is 2.53 bits per heavy atom. The van der Waals surface area contributed by atoms with Gasteiger partial charge in [-0.05, 0) is 30.3 Å². The van der Waals surface area contributed by atoms with E-state index in [-0.39, 0.29) is 5.82 Å². The SMILES string of the molecule is COc1nc(-c2ccc(F)cc2)cc2nccnc12. The summed E-state index contributed by atoms with van der Waals surface area (Å²) in [6, 6.07) is 7.92. The number of hydrogen-bond acceptors (Lipinski definition) is 4. The second kappa shape index (κ2) is 4.61. The predicted octanol–water partition coefficient (Wildman–Crippen LogP) is 2.84. The number of benzene rings is 1. The molecule has 0 atom stereocenters. The molecule has 19 heavy (non-hydrogen) atoms. The van der Waals surface area contributed by atoms with Crippen LogP contribution in [0.4, 0.5) is 4.39 Å². The van der Waals surface area contributed by atoms with Crippen molar-refractivity contribution in [3.63, 3.8) is 0 Å². The molecule has 0 radical (unpaired) electrons. The van der Waals surface area contributed by atoms with Gasteiger partial charge in [0.25, 0.3) is 0 Å². The quantitative estimate of drug-likeness (QED) is 0.706. The molecule has 2 aromatic heterocycles. The molecule has 0 N–H and O–H groups in total. The molecule has 0 fully saturated rings. The van der Waals surface area contributed by atoms with Crippen molar-refractivity contribution < 1.29 is 9.13 Å². The zero-order chi connectivity index (χ0) is 13.2.